The van der Waals surface area contributed by atoms with Crippen molar-refractivity contribution in [2.45, 2.75) is 39.2 Å². The molecule has 1 aromatic carbocycles. The number of aromatic nitrogens is 4. The average molecular weight is 337 g/mol. The molecular weight excluding hydrogens is 314 g/mol. The van der Waals surface area contributed by atoms with Crippen molar-refractivity contribution in [3.8, 4) is 0 Å². The van der Waals surface area contributed by atoms with Gasteiger partial charge in [-0.05, 0) is 38.8 Å². The number of hydrogen-bond acceptors (Lipinski definition) is 3. The fourth-order valence-corrected chi connectivity index (χ4v) is 3.54. The van der Waals surface area contributed by atoms with Crippen molar-refractivity contribution in [3.63, 3.8) is 0 Å². The number of para-hydroxylation sites is 2. The maximum Gasteiger partial charge on any atom is 0.242 e. The van der Waals surface area contributed by atoms with Crippen LogP contribution in [0.4, 0.5) is 0 Å². The van der Waals surface area contributed by atoms with E-state index in [1.807, 2.05) is 47.6 Å². The van der Waals surface area contributed by atoms with E-state index in [9.17, 15) is 4.79 Å². The maximum absolute atomic E-state index is 12.7. The number of nitrogens with one attached hydrogen (secondary N) is 1. The minimum Gasteiger partial charge on any atom is -0.342 e. The summed E-state index contributed by atoms with van der Waals surface area (Å²) in [6.07, 6.45) is 3.82. The lowest BCUT2D eigenvalue weighted by atomic mass is 9.97. The molecule has 1 atom stereocenters. The van der Waals surface area contributed by atoms with Crippen molar-refractivity contribution in [3.05, 3.63) is 47.8 Å². The summed E-state index contributed by atoms with van der Waals surface area (Å²) in [4.78, 5) is 27.1. The molecule has 4 rings (SSSR count). The second-order valence-corrected chi connectivity index (χ2v) is 6.86. The number of nitrogens with zero attached hydrogens (tertiary/aromatic N) is 4. The highest BCUT2D eigenvalue weighted by molar-refractivity contribution is 5.77. The predicted octanol–water partition coefficient (Wildman–Crippen LogP) is 2.78. The van der Waals surface area contributed by atoms with Gasteiger partial charge in [-0.2, -0.15) is 0 Å². The molecule has 0 spiro atoms. The molecule has 6 nitrogen and oxygen atoms in total. The van der Waals surface area contributed by atoms with Gasteiger partial charge in [0, 0.05) is 24.7 Å². The Kier molecular flexibility index (Phi) is 4.03. The van der Waals surface area contributed by atoms with E-state index in [4.69, 9.17) is 4.98 Å². The van der Waals surface area contributed by atoms with Crippen LogP contribution >= 0.6 is 0 Å². The smallest absolute Gasteiger partial charge is 0.242 e. The van der Waals surface area contributed by atoms with Gasteiger partial charge in [-0.3, -0.25) is 4.79 Å². The number of aryl methyl sites for hydroxylation is 1. The third kappa shape index (κ3) is 3.04. The predicted molar refractivity (Wildman–Crippen MR) is 96.3 cm³/mol. The molecule has 1 amide bonds. The standard InChI is InChI=1S/C19H23N5O/c1-13-14(2)24(12-20-13)11-18(25)23-9-5-6-15(10-23)19-21-16-7-3-4-8-17(16)22-19/h3-4,7-8,12,15H,5-6,9-11H2,1-2H3,(H,21,22)/t15-/m0/s1. The number of rotatable bonds is 3. The molecule has 3 heterocycles. The summed E-state index contributed by atoms with van der Waals surface area (Å²) in [5.74, 6) is 1.42. The van der Waals surface area contributed by atoms with E-state index in [1.165, 1.54) is 0 Å². The quantitative estimate of drug-likeness (QED) is 0.799. The molecule has 0 radical (unpaired) electrons. The molecule has 1 aliphatic heterocycles. The van der Waals surface area contributed by atoms with Gasteiger partial charge in [0.25, 0.3) is 0 Å². The number of hydrogen-bond donors (Lipinski definition) is 1. The van der Waals surface area contributed by atoms with Gasteiger partial charge in [0.1, 0.15) is 12.4 Å². The summed E-state index contributed by atoms with van der Waals surface area (Å²) in [5, 5.41) is 0. The summed E-state index contributed by atoms with van der Waals surface area (Å²) in [7, 11) is 0. The molecule has 0 aliphatic carbocycles. The Bertz CT molecular complexity index is 877. The maximum atomic E-state index is 12.7. The highest BCUT2D eigenvalue weighted by atomic mass is 16.2. The van der Waals surface area contributed by atoms with Crippen LogP contribution in [0, 0.1) is 13.8 Å². The molecule has 3 aromatic rings. The van der Waals surface area contributed by atoms with Crippen LogP contribution < -0.4 is 0 Å². The Balaban J connectivity index is 1.48. The average Bonchev–Trinajstić information content (AvgIpc) is 3.20. The number of likely N-dealkylation sites (tertiary alicyclic amines) is 1. The number of benzene rings is 1. The summed E-state index contributed by atoms with van der Waals surface area (Å²) < 4.78 is 1.93. The molecule has 25 heavy (non-hydrogen) atoms. The van der Waals surface area contributed by atoms with Crippen molar-refractivity contribution in [1.29, 1.82) is 0 Å². The van der Waals surface area contributed by atoms with Gasteiger partial charge in [-0.15, -0.1) is 0 Å². The van der Waals surface area contributed by atoms with Crippen LogP contribution in [0.15, 0.2) is 30.6 Å². The normalized spacial score (nSPS) is 18.0. The van der Waals surface area contributed by atoms with E-state index < -0.39 is 0 Å². The van der Waals surface area contributed by atoms with E-state index in [-0.39, 0.29) is 11.8 Å². The molecule has 130 valence electrons. The van der Waals surface area contributed by atoms with Gasteiger partial charge >= 0.3 is 0 Å². The van der Waals surface area contributed by atoms with Crippen molar-refractivity contribution < 1.29 is 4.79 Å². The van der Waals surface area contributed by atoms with Gasteiger partial charge in [0.05, 0.1) is 23.1 Å². The molecular formula is C19H23N5O. The van der Waals surface area contributed by atoms with E-state index >= 15 is 0 Å². The zero-order valence-corrected chi connectivity index (χ0v) is 14.7. The van der Waals surface area contributed by atoms with Crippen molar-refractivity contribution in [2.75, 3.05) is 13.1 Å². The van der Waals surface area contributed by atoms with Gasteiger partial charge in [-0.25, -0.2) is 9.97 Å². The second-order valence-electron chi connectivity index (χ2n) is 6.86. The largest absolute Gasteiger partial charge is 0.342 e. The molecule has 0 unspecified atom stereocenters. The lowest BCUT2D eigenvalue weighted by Gasteiger charge is -2.32. The highest BCUT2D eigenvalue weighted by Crippen LogP contribution is 2.27. The number of aromatic amines is 1. The third-order valence-corrected chi connectivity index (χ3v) is 5.22. The monoisotopic (exact) mass is 337 g/mol. The number of piperidine rings is 1. The van der Waals surface area contributed by atoms with Gasteiger partial charge in [0.2, 0.25) is 5.91 Å². The molecule has 0 saturated carbocycles. The number of imidazole rings is 2. The third-order valence-electron chi connectivity index (χ3n) is 5.22. The number of amides is 1. The van der Waals surface area contributed by atoms with Crippen LogP contribution in [0.1, 0.15) is 36.0 Å². The molecule has 6 heteroatoms. The van der Waals surface area contributed by atoms with Crippen molar-refractivity contribution >= 4 is 16.9 Å². The molecule has 1 aliphatic rings. The van der Waals surface area contributed by atoms with Crippen LogP contribution in [-0.2, 0) is 11.3 Å². The van der Waals surface area contributed by atoms with E-state index in [1.54, 1.807) is 6.33 Å². The Labute approximate surface area is 146 Å². The first kappa shape index (κ1) is 15.9. The van der Waals surface area contributed by atoms with E-state index in [0.29, 0.717) is 6.54 Å². The molecule has 0 bridgehead atoms. The summed E-state index contributed by atoms with van der Waals surface area (Å²) >= 11 is 0. The molecule has 1 N–H and O–H groups in total. The zero-order valence-electron chi connectivity index (χ0n) is 14.7. The van der Waals surface area contributed by atoms with Crippen LogP contribution in [0.3, 0.4) is 0 Å². The SMILES string of the molecule is Cc1ncn(CC(=O)N2CCC[C@H](c3nc4ccccc4[nH]3)C2)c1C. The van der Waals surface area contributed by atoms with Crippen LogP contribution in [0.25, 0.3) is 11.0 Å². The topological polar surface area (TPSA) is 66.8 Å². The van der Waals surface area contributed by atoms with E-state index in [2.05, 4.69) is 9.97 Å². The summed E-state index contributed by atoms with van der Waals surface area (Å²) in [5.41, 5.74) is 4.08. The molecule has 1 fully saturated rings. The minimum absolute atomic E-state index is 0.154. The highest BCUT2D eigenvalue weighted by Gasteiger charge is 2.27. The fourth-order valence-electron chi connectivity index (χ4n) is 3.54. The number of H-pyrrole nitrogens is 1. The molecule has 1 saturated heterocycles. The van der Waals surface area contributed by atoms with Crippen molar-refractivity contribution in [1.82, 2.24) is 24.4 Å². The Morgan fingerprint density at radius 3 is 2.92 bits per heavy atom. The van der Waals surface area contributed by atoms with E-state index in [0.717, 1.165) is 54.2 Å². The number of fused-ring (bicyclic) bond motifs is 1. The Morgan fingerprint density at radius 2 is 2.16 bits per heavy atom. The van der Waals surface area contributed by atoms with Crippen LogP contribution in [0.5, 0.6) is 0 Å². The second kappa shape index (κ2) is 6.35. The number of carbonyl (C=O) groups is 1. The lowest BCUT2D eigenvalue weighted by Crippen LogP contribution is -2.41. The van der Waals surface area contributed by atoms with Crippen LogP contribution in [-0.4, -0.2) is 43.4 Å². The van der Waals surface area contributed by atoms with Gasteiger partial charge < -0.3 is 14.5 Å². The van der Waals surface area contributed by atoms with Gasteiger partial charge in [-0.1, -0.05) is 12.1 Å². The Morgan fingerprint density at radius 1 is 1.32 bits per heavy atom. The first-order valence-electron chi connectivity index (χ1n) is 8.82. The summed E-state index contributed by atoms with van der Waals surface area (Å²) in [6.45, 7) is 5.88. The lowest BCUT2D eigenvalue weighted by molar-refractivity contribution is -0.133. The number of carbonyl (C=O) groups excluding carboxylic acids is 1. The first-order chi connectivity index (χ1) is 12.1. The minimum atomic E-state index is 0.154. The van der Waals surface area contributed by atoms with Crippen LogP contribution in [0.2, 0.25) is 0 Å². The summed E-state index contributed by atoms with van der Waals surface area (Å²) in [6, 6.07) is 8.07. The fraction of sp³-hybridized carbons (Fsp3) is 0.421. The van der Waals surface area contributed by atoms with Crippen molar-refractivity contribution in [2.24, 2.45) is 0 Å². The Hall–Kier alpha value is -2.63. The first-order valence-corrected chi connectivity index (χ1v) is 8.82. The molecule has 2 aromatic heterocycles. The van der Waals surface area contributed by atoms with Gasteiger partial charge in [0.15, 0.2) is 0 Å². The zero-order chi connectivity index (χ0) is 17.4.